The molecule has 4 aromatic rings. The van der Waals surface area contributed by atoms with Crippen molar-refractivity contribution in [2.45, 2.75) is 12.1 Å². The molecule has 0 fully saturated rings. The van der Waals surface area contributed by atoms with Gasteiger partial charge in [-0.1, -0.05) is 16.8 Å². The van der Waals surface area contributed by atoms with Crippen LogP contribution in [-0.4, -0.2) is 38.6 Å². The van der Waals surface area contributed by atoms with Gasteiger partial charge in [-0.3, -0.25) is 9.69 Å². The summed E-state index contributed by atoms with van der Waals surface area (Å²) in [5.74, 6) is -1.52. The summed E-state index contributed by atoms with van der Waals surface area (Å²) < 4.78 is 29.3. The van der Waals surface area contributed by atoms with Gasteiger partial charge in [0.2, 0.25) is 0 Å². The number of aliphatic hydroxyl groups is 1. The molecular weight excluding hydrogens is 506 g/mol. The van der Waals surface area contributed by atoms with Gasteiger partial charge >= 0.3 is 6.03 Å². The minimum Gasteiger partial charge on any atom is -0.386 e. The summed E-state index contributed by atoms with van der Waals surface area (Å²) in [6, 6.07) is 9.33. The molecule has 2 aliphatic heterocycles. The van der Waals surface area contributed by atoms with E-state index in [0.717, 1.165) is 0 Å². The van der Waals surface area contributed by atoms with Gasteiger partial charge in [0.25, 0.3) is 5.91 Å². The monoisotopic (exact) mass is 522 g/mol. The molecule has 12 heteroatoms. The predicted molar refractivity (Wildman–Crippen MR) is 130 cm³/mol. The molecule has 3 aromatic carbocycles. The second-order valence-electron chi connectivity index (χ2n) is 8.63. The van der Waals surface area contributed by atoms with Crippen LogP contribution in [-0.2, 0) is 0 Å². The fourth-order valence-electron chi connectivity index (χ4n) is 4.75. The second kappa shape index (κ2) is 8.64. The second-order valence-corrected chi connectivity index (χ2v) is 9.04. The quantitative estimate of drug-likeness (QED) is 0.375. The SMILES string of the molecule is O=C1N[C@H](c2cc(F)ccc2Cl)c2c(NC(=O)N3C[C@@H](O)c4cc(F)ccc43)cc(-n3ccnn3)cc21. The summed E-state index contributed by atoms with van der Waals surface area (Å²) in [4.78, 5) is 27.7. The molecule has 2 atom stereocenters. The van der Waals surface area contributed by atoms with Gasteiger partial charge in [0, 0.05) is 27.3 Å². The lowest BCUT2D eigenvalue weighted by atomic mass is 9.95. The summed E-state index contributed by atoms with van der Waals surface area (Å²) in [6.45, 7) is -0.0914. The molecule has 3 heterocycles. The van der Waals surface area contributed by atoms with Gasteiger partial charge in [-0.25, -0.2) is 18.3 Å². The van der Waals surface area contributed by atoms with Crippen LogP contribution in [0.25, 0.3) is 5.69 Å². The van der Waals surface area contributed by atoms with Crippen molar-refractivity contribution in [3.8, 4) is 5.69 Å². The van der Waals surface area contributed by atoms with Gasteiger partial charge < -0.3 is 15.7 Å². The van der Waals surface area contributed by atoms with Crippen LogP contribution >= 0.6 is 11.6 Å². The molecule has 2 aliphatic rings. The van der Waals surface area contributed by atoms with Gasteiger partial charge in [0.15, 0.2) is 0 Å². The summed E-state index contributed by atoms with van der Waals surface area (Å²) in [7, 11) is 0. The van der Waals surface area contributed by atoms with E-state index in [9.17, 15) is 23.5 Å². The standard InChI is InChI=1S/C25H17ClF2N6O3/c26-18-3-1-12(27)7-15(18)23-22-17(24(36)31-23)9-14(34-6-5-29-32-34)10-19(22)30-25(37)33-11-21(35)16-8-13(28)2-4-20(16)33/h1-10,21,23,35H,11H2,(H,30,37)(H,31,36)/t21-,23-/m1/s1. The molecule has 0 spiro atoms. The maximum absolute atomic E-state index is 14.1. The number of carbonyl (C=O) groups is 2. The molecular formula is C25H17ClF2N6O3. The summed E-state index contributed by atoms with van der Waals surface area (Å²) in [5, 5.41) is 24.0. The Hall–Kier alpha value is -4.35. The topological polar surface area (TPSA) is 112 Å². The highest BCUT2D eigenvalue weighted by molar-refractivity contribution is 6.31. The van der Waals surface area contributed by atoms with E-state index in [1.54, 1.807) is 18.3 Å². The third kappa shape index (κ3) is 3.88. The lowest BCUT2D eigenvalue weighted by Crippen LogP contribution is -2.34. The van der Waals surface area contributed by atoms with Gasteiger partial charge in [-0.05, 0) is 48.5 Å². The van der Waals surface area contributed by atoms with E-state index in [1.807, 2.05) is 0 Å². The molecule has 0 bridgehead atoms. The first-order valence-electron chi connectivity index (χ1n) is 11.2. The molecule has 3 amide bonds. The zero-order valence-corrected chi connectivity index (χ0v) is 19.6. The summed E-state index contributed by atoms with van der Waals surface area (Å²) in [6.07, 6.45) is 1.97. The highest BCUT2D eigenvalue weighted by Gasteiger charge is 2.37. The zero-order chi connectivity index (χ0) is 25.8. The van der Waals surface area contributed by atoms with Crippen molar-refractivity contribution in [2.24, 2.45) is 0 Å². The Balaban J connectivity index is 1.46. The minimum atomic E-state index is -1.06. The molecule has 0 aliphatic carbocycles. The minimum absolute atomic E-state index is 0.0914. The highest BCUT2D eigenvalue weighted by atomic mass is 35.5. The van der Waals surface area contributed by atoms with Crippen molar-refractivity contribution in [3.05, 3.63) is 99.8 Å². The number of rotatable bonds is 3. The molecule has 1 aromatic heterocycles. The number of aromatic nitrogens is 3. The number of hydrogen-bond donors (Lipinski definition) is 3. The summed E-state index contributed by atoms with van der Waals surface area (Å²) >= 11 is 6.36. The van der Waals surface area contributed by atoms with Gasteiger partial charge in [0.1, 0.15) is 11.6 Å². The smallest absolute Gasteiger partial charge is 0.326 e. The number of halogens is 3. The predicted octanol–water partition coefficient (Wildman–Crippen LogP) is 4.12. The van der Waals surface area contributed by atoms with E-state index in [0.29, 0.717) is 22.5 Å². The van der Waals surface area contributed by atoms with E-state index < -0.39 is 35.7 Å². The molecule has 6 rings (SSSR count). The van der Waals surface area contributed by atoms with E-state index in [2.05, 4.69) is 20.9 Å². The lowest BCUT2D eigenvalue weighted by molar-refractivity contribution is 0.0960. The average molecular weight is 523 g/mol. The number of hydrogen-bond acceptors (Lipinski definition) is 5. The maximum atomic E-state index is 14.1. The lowest BCUT2D eigenvalue weighted by Gasteiger charge is -2.22. The van der Waals surface area contributed by atoms with Gasteiger partial charge in [0.05, 0.1) is 48.1 Å². The number of β-amino-alcohol motifs (C(OH)–C–C–N with tert-alkyl or cyclic N) is 1. The number of urea groups is 1. The molecule has 0 unspecified atom stereocenters. The average Bonchev–Trinajstić information content (AvgIpc) is 3.60. The molecule has 0 saturated heterocycles. The van der Waals surface area contributed by atoms with Crippen LogP contribution in [0.5, 0.6) is 0 Å². The van der Waals surface area contributed by atoms with Crippen molar-refractivity contribution >= 4 is 34.9 Å². The Labute approximate surface area is 213 Å². The van der Waals surface area contributed by atoms with Gasteiger partial charge in [-0.2, -0.15) is 0 Å². The van der Waals surface area contributed by atoms with E-state index in [1.165, 1.54) is 52.2 Å². The Morgan fingerprint density at radius 3 is 2.62 bits per heavy atom. The van der Waals surface area contributed by atoms with E-state index in [-0.39, 0.29) is 28.4 Å². The number of fused-ring (bicyclic) bond motifs is 2. The maximum Gasteiger partial charge on any atom is 0.326 e. The van der Waals surface area contributed by atoms with Crippen molar-refractivity contribution in [1.82, 2.24) is 20.3 Å². The number of anilines is 2. The van der Waals surface area contributed by atoms with Crippen LogP contribution in [0.4, 0.5) is 25.0 Å². The van der Waals surface area contributed by atoms with Crippen LogP contribution in [0.3, 0.4) is 0 Å². The van der Waals surface area contributed by atoms with Crippen LogP contribution in [0.2, 0.25) is 5.02 Å². The Bertz CT molecular complexity index is 1580. The van der Waals surface area contributed by atoms with Crippen molar-refractivity contribution in [1.29, 1.82) is 0 Å². The third-order valence-electron chi connectivity index (χ3n) is 6.41. The van der Waals surface area contributed by atoms with Crippen molar-refractivity contribution in [2.75, 3.05) is 16.8 Å². The largest absolute Gasteiger partial charge is 0.386 e. The fraction of sp³-hybridized carbons (Fsp3) is 0.120. The van der Waals surface area contributed by atoms with Crippen LogP contribution < -0.4 is 15.5 Å². The molecule has 9 nitrogen and oxygen atoms in total. The molecule has 3 N–H and O–H groups in total. The van der Waals surface area contributed by atoms with Crippen LogP contribution in [0.15, 0.2) is 60.9 Å². The highest BCUT2D eigenvalue weighted by Crippen LogP contribution is 2.41. The van der Waals surface area contributed by atoms with Crippen molar-refractivity contribution in [3.63, 3.8) is 0 Å². The first kappa shape index (κ1) is 23.1. The Morgan fingerprint density at radius 2 is 1.86 bits per heavy atom. The fourth-order valence-corrected chi connectivity index (χ4v) is 4.98. The number of nitrogens with zero attached hydrogens (tertiary/aromatic N) is 4. The Kier molecular flexibility index (Phi) is 5.39. The van der Waals surface area contributed by atoms with Crippen LogP contribution in [0, 0.1) is 11.6 Å². The molecule has 37 heavy (non-hydrogen) atoms. The van der Waals surface area contributed by atoms with Crippen molar-refractivity contribution < 1.29 is 23.5 Å². The normalized spacial score (nSPS) is 17.9. The number of benzene rings is 3. The number of carbonyl (C=O) groups excluding carboxylic acids is 2. The first-order chi connectivity index (χ1) is 17.8. The first-order valence-corrected chi connectivity index (χ1v) is 11.5. The number of aliphatic hydroxyl groups excluding tert-OH is 1. The number of nitrogens with one attached hydrogen (secondary N) is 2. The molecule has 186 valence electrons. The third-order valence-corrected chi connectivity index (χ3v) is 6.76. The molecule has 0 radical (unpaired) electrons. The van der Waals surface area contributed by atoms with E-state index >= 15 is 0 Å². The number of amides is 3. The molecule has 0 saturated carbocycles. The van der Waals surface area contributed by atoms with Gasteiger partial charge in [-0.15, -0.1) is 5.10 Å². The summed E-state index contributed by atoms with van der Waals surface area (Å²) in [5.41, 5.74) is 2.26. The Morgan fingerprint density at radius 1 is 1.11 bits per heavy atom. The van der Waals surface area contributed by atoms with E-state index in [4.69, 9.17) is 11.6 Å². The zero-order valence-electron chi connectivity index (χ0n) is 18.8. The van der Waals surface area contributed by atoms with Crippen LogP contribution in [0.1, 0.15) is 39.2 Å².